The summed E-state index contributed by atoms with van der Waals surface area (Å²) in [6.45, 7) is 16.3. The molecule has 0 unspecified atom stereocenters. The van der Waals surface area contributed by atoms with E-state index in [0.717, 1.165) is 27.8 Å². The summed E-state index contributed by atoms with van der Waals surface area (Å²) in [5.74, 6) is 0.561. The molecule has 3 aromatic rings. The van der Waals surface area contributed by atoms with E-state index in [4.69, 9.17) is 32.9 Å². The zero-order valence-electron chi connectivity index (χ0n) is 30.5. The van der Waals surface area contributed by atoms with Gasteiger partial charge in [0.05, 0.1) is 6.61 Å². The van der Waals surface area contributed by atoms with Crippen LogP contribution in [0.25, 0.3) is 0 Å². The minimum atomic E-state index is -2.35. The lowest BCUT2D eigenvalue weighted by atomic mass is 9.71. The van der Waals surface area contributed by atoms with Gasteiger partial charge < -0.3 is 19.3 Å². The smallest absolute Gasteiger partial charge is 0.326 e. The van der Waals surface area contributed by atoms with Crippen LogP contribution in [0.3, 0.4) is 0 Å². The molecular formula is C39H50Cl2N4O4Si. The van der Waals surface area contributed by atoms with Gasteiger partial charge in [0.1, 0.15) is 16.9 Å². The molecule has 2 heterocycles. The van der Waals surface area contributed by atoms with E-state index in [1.807, 2.05) is 71.4 Å². The topological polar surface area (TPSA) is 85.7 Å². The van der Waals surface area contributed by atoms with E-state index in [1.165, 1.54) is 0 Å². The second kappa shape index (κ2) is 14.4. The molecule has 2 aliphatic rings. The average Bonchev–Trinajstić information content (AvgIpc) is 3.31. The minimum absolute atomic E-state index is 0.0135. The second-order valence-electron chi connectivity index (χ2n) is 15.4. The molecule has 0 aromatic heterocycles. The highest BCUT2D eigenvalue weighted by atomic mass is 35.5. The van der Waals surface area contributed by atoms with Crippen molar-refractivity contribution < 1.29 is 19.1 Å². The van der Waals surface area contributed by atoms with Crippen LogP contribution < -0.4 is 0 Å². The lowest BCUT2D eigenvalue weighted by molar-refractivity contribution is -0.132. The number of methoxy groups -OCH3 is 1. The number of hydrogen-bond acceptors (Lipinski definition) is 5. The highest BCUT2D eigenvalue weighted by Crippen LogP contribution is 2.53. The number of rotatable bonds is 8. The Morgan fingerprint density at radius 2 is 1.42 bits per heavy atom. The van der Waals surface area contributed by atoms with Crippen LogP contribution >= 0.6 is 23.2 Å². The molecule has 1 saturated heterocycles. The summed E-state index contributed by atoms with van der Waals surface area (Å²) in [4.78, 5) is 49.6. The molecule has 3 aromatic carbocycles. The van der Waals surface area contributed by atoms with E-state index in [9.17, 15) is 9.59 Å². The molecule has 11 heteroatoms. The Hall–Kier alpha value is -3.21. The Labute approximate surface area is 308 Å². The number of benzene rings is 3. The quantitative estimate of drug-likeness (QED) is 0.237. The second-order valence-corrected chi connectivity index (χ2v) is 20.4. The molecular weight excluding hydrogens is 687 g/mol. The normalized spacial score (nSPS) is 21.4. The Kier molecular flexibility index (Phi) is 11.0. The summed E-state index contributed by atoms with van der Waals surface area (Å²) in [6, 6.07) is 21.9. The fourth-order valence-electron chi connectivity index (χ4n) is 6.98. The number of aliphatic imine (C=N–C) groups is 1. The van der Waals surface area contributed by atoms with Gasteiger partial charge >= 0.3 is 6.03 Å². The number of ether oxygens (including phenoxy) is 1. The molecule has 3 amide bonds. The SMILES string of the molecule is COCc1cc(C(C)(C)C)ccc1C1=N[C@@](C)(c2ccc(Cl)cc2)[C@@](C)(c2ccc(Cl)cc2)N1C(=O)N1CCN(C(=O)CC[Si](C)(C)O)CC1. The van der Waals surface area contributed by atoms with Crippen LogP contribution in [0, 0.1) is 0 Å². The van der Waals surface area contributed by atoms with Crippen LogP contribution in [0.1, 0.15) is 68.9 Å². The third kappa shape index (κ3) is 7.53. The van der Waals surface area contributed by atoms with E-state index >= 15 is 4.79 Å². The number of halogens is 2. The van der Waals surface area contributed by atoms with Gasteiger partial charge in [-0.1, -0.05) is 86.4 Å². The van der Waals surface area contributed by atoms with Crippen LogP contribution in [0.5, 0.6) is 0 Å². The van der Waals surface area contributed by atoms with E-state index in [0.29, 0.717) is 61.1 Å². The Morgan fingerprint density at radius 1 is 0.880 bits per heavy atom. The molecule has 2 atom stereocenters. The summed E-state index contributed by atoms with van der Waals surface area (Å²) in [5, 5.41) is 1.20. The van der Waals surface area contributed by atoms with Crippen LogP contribution in [0.4, 0.5) is 4.79 Å². The highest BCUT2D eigenvalue weighted by molar-refractivity contribution is 6.69. The molecule has 1 N–H and O–H groups in total. The maximum absolute atomic E-state index is 15.2. The summed E-state index contributed by atoms with van der Waals surface area (Å²) >= 11 is 12.8. The third-order valence-electron chi connectivity index (χ3n) is 10.3. The number of nitrogens with zero attached hydrogens (tertiary/aromatic N) is 4. The molecule has 8 nitrogen and oxygen atoms in total. The first-order valence-corrected chi connectivity index (χ1v) is 21.1. The Bertz CT molecular complexity index is 1750. The standard InChI is InChI=1S/C39H50Cl2N4O4Si/c1-37(2,3)30-13-18-33(27(25-30)26-49-6)35-42-38(4,28-9-14-31(40)15-10-28)39(5,29-11-16-32(41)17-12-29)45(35)36(47)44-22-20-43(21-23-44)34(46)19-24-50(7,8)48/h9-18,25,48H,19-24,26H2,1-8H3/t38-,39+/m0/s1. The highest BCUT2D eigenvalue weighted by Gasteiger charge is 2.60. The van der Waals surface area contributed by atoms with Crippen LogP contribution in [0.15, 0.2) is 71.7 Å². The van der Waals surface area contributed by atoms with Crippen LogP contribution in [-0.4, -0.2) is 78.9 Å². The van der Waals surface area contributed by atoms with Crippen LogP contribution in [0.2, 0.25) is 29.2 Å². The molecule has 1 fully saturated rings. The molecule has 0 aliphatic carbocycles. The lowest BCUT2D eigenvalue weighted by Crippen LogP contribution is -2.61. The summed E-state index contributed by atoms with van der Waals surface area (Å²) in [5.41, 5.74) is 2.59. The number of amidine groups is 1. The first kappa shape index (κ1) is 38.0. The molecule has 268 valence electrons. The van der Waals surface area contributed by atoms with Crippen molar-refractivity contribution in [1.82, 2.24) is 14.7 Å². The fraction of sp³-hybridized carbons (Fsp3) is 0.462. The predicted octanol–water partition coefficient (Wildman–Crippen LogP) is 8.18. The number of carbonyl (C=O) groups is 2. The van der Waals surface area contributed by atoms with Gasteiger partial charge in [-0.3, -0.25) is 14.7 Å². The summed E-state index contributed by atoms with van der Waals surface area (Å²) in [7, 11) is -0.677. The first-order chi connectivity index (χ1) is 23.4. The van der Waals surface area contributed by atoms with Crippen molar-refractivity contribution in [2.75, 3.05) is 33.3 Å². The average molecular weight is 738 g/mol. The van der Waals surface area contributed by atoms with Crippen molar-refractivity contribution >= 4 is 49.3 Å². The number of urea groups is 1. The van der Waals surface area contributed by atoms with Gasteiger partial charge in [-0.05, 0) is 84.9 Å². The largest absolute Gasteiger partial charge is 0.432 e. The van der Waals surface area contributed by atoms with Crippen molar-refractivity contribution in [3.63, 3.8) is 0 Å². The van der Waals surface area contributed by atoms with Gasteiger partial charge in [0.25, 0.3) is 0 Å². The minimum Gasteiger partial charge on any atom is -0.432 e. The van der Waals surface area contributed by atoms with E-state index < -0.39 is 19.4 Å². The molecule has 2 aliphatic heterocycles. The van der Waals surface area contributed by atoms with Gasteiger partial charge in [-0.15, -0.1) is 0 Å². The van der Waals surface area contributed by atoms with Crippen molar-refractivity contribution in [3.8, 4) is 0 Å². The number of carbonyl (C=O) groups excluding carboxylic acids is 2. The van der Waals surface area contributed by atoms with Crippen molar-refractivity contribution in [2.45, 2.75) is 83.3 Å². The molecule has 5 rings (SSSR count). The molecule has 0 saturated carbocycles. The van der Waals surface area contributed by atoms with Gasteiger partial charge in [-0.2, -0.15) is 0 Å². The molecule has 50 heavy (non-hydrogen) atoms. The van der Waals surface area contributed by atoms with E-state index in [-0.39, 0.29) is 17.4 Å². The molecule has 0 radical (unpaired) electrons. The Balaban J connectivity index is 1.65. The first-order valence-electron chi connectivity index (χ1n) is 17.2. The molecule has 0 spiro atoms. The summed E-state index contributed by atoms with van der Waals surface area (Å²) in [6.07, 6.45) is 0.313. The maximum Gasteiger partial charge on any atom is 0.326 e. The molecule has 0 bridgehead atoms. The van der Waals surface area contributed by atoms with Crippen molar-refractivity contribution in [2.24, 2.45) is 4.99 Å². The summed E-state index contributed by atoms with van der Waals surface area (Å²) < 4.78 is 5.73. The Morgan fingerprint density at radius 3 is 1.94 bits per heavy atom. The van der Waals surface area contributed by atoms with E-state index in [2.05, 4.69) is 52.8 Å². The van der Waals surface area contributed by atoms with Gasteiger partial charge in [0.2, 0.25) is 5.91 Å². The maximum atomic E-state index is 15.2. The van der Waals surface area contributed by atoms with Crippen molar-refractivity contribution in [3.05, 3.63) is 105 Å². The number of piperazine rings is 1. The lowest BCUT2D eigenvalue weighted by Gasteiger charge is -2.47. The monoisotopic (exact) mass is 736 g/mol. The number of hydrogen-bond donors (Lipinski definition) is 1. The van der Waals surface area contributed by atoms with Crippen molar-refractivity contribution in [1.29, 1.82) is 0 Å². The third-order valence-corrected chi connectivity index (χ3v) is 12.3. The zero-order chi connectivity index (χ0) is 36.6. The zero-order valence-corrected chi connectivity index (χ0v) is 33.0. The van der Waals surface area contributed by atoms with Gasteiger partial charge in [-0.25, -0.2) is 4.79 Å². The number of amides is 3. The predicted molar refractivity (Wildman–Crippen MR) is 205 cm³/mol. The van der Waals surface area contributed by atoms with E-state index in [1.54, 1.807) is 12.0 Å². The van der Waals surface area contributed by atoms with Crippen LogP contribution in [-0.2, 0) is 32.6 Å². The van der Waals surface area contributed by atoms with Gasteiger partial charge in [0.15, 0.2) is 8.32 Å². The fourth-order valence-corrected chi connectivity index (χ4v) is 8.06. The van der Waals surface area contributed by atoms with Gasteiger partial charge in [0, 0.05) is 55.3 Å².